The van der Waals surface area contributed by atoms with E-state index in [2.05, 4.69) is 34.3 Å². The van der Waals surface area contributed by atoms with E-state index in [0.29, 0.717) is 44.1 Å². The van der Waals surface area contributed by atoms with E-state index in [1.807, 2.05) is 0 Å². The third-order valence-corrected chi connectivity index (χ3v) is 20.2. The first-order valence-electron chi connectivity index (χ1n) is 26.8. The van der Waals surface area contributed by atoms with Crippen molar-refractivity contribution in [3.63, 3.8) is 0 Å². The lowest BCUT2D eigenvalue weighted by atomic mass is 9.35. The van der Waals surface area contributed by atoms with Crippen LogP contribution in [0.1, 0.15) is 106 Å². The molecule has 4 aliphatic heterocycles. The maximum absolute atomic E-state index is 14.2. The molecular weight excluding hydrogens is 977 g/mol. The number of fused-ring (bicyclic) bond motifs is 5. The first-order chi connectivity index (χ1) is 34.7. The SMILES string of the molecule is C=C(C)C(O)CCC(O)(COC1OC(CO)C(O)C(O)C1O)C1CCC2(C)C1CCC1C3(C=O)CCC(OC4OCC(O)C(OC5OCC(O)C(O)C5O)C4OC4OC(C)C(O)C(O)C4O)C(C)(C)C3CCC12C. The number of hydrogen-bond donors (Lipinski definition) is 13. The lowest BCUT2D eigenvalue weighted by Gasteiger charge is -2.69. The Kier molecular flexibility index (Phi) is 17.7. The summed E-state index contributed by atoms with van der Waals surface area (Å²) in [6.45, 7) is 14.0. The maximum atomic E-state index is 14.2. The summed E-state index contributed by atoms with van der Waals surface area (Å²) in [6, 6.07) is 0. The number of aliphatic hydroxyl groups is 13. The Labute approximate surface area is 432 Å². The van der Waals surface area contributed by atoms with Crippen LogP contribution in [0.4, 0.5) is 0 Å². The largest absolute Gasteiger partial charge is 0.394 e. The fourth-order valence-corrected chi connectivity index (χ4v) is 15.5. The number of aliphatic hydroxyl groups excluding tert-OH is 12. The molecule has 426 valence electrons. The Hall–Kier alpha value is -1.43. The van der Waals surface area contributed by atoms with Crippen LogP contribution in [0.5, 0.6) is 0 Å². The standard InChI is InChI=1S/C52H86O22/c1-23(2)27(55)11-17-52(66,22-69-45-40(64)38(62)36(60)30(18-53)71-45)26-10-14-49(6)25(26)8-9-32-50(49,7)15-12-31-48(4,5)33(13-16-51(31,32)21-54)72-47-43(74-46-41(65)37(61)34(58)24(3)70-46)42(29(57)20-68-47)73-44-39(63)35(59)28(56)19-67-44/h21,24-47,53,55-66H,1,8-20,22H2,2-7H3. The van der Waals surface area contributed by atoms with E-state index in [1.165, 1.54) is 6.92 Å². The smallest absolute Gasteiger partial charge is 0.187 e. The first kappa shape index (κ1) is 58.7. The lowest BCUT2D eigenvalue weighted by molar-refractivity contribution is -0.383. The minimum atomic E-state index is -1.77. The molecule has 0 spiro atoms. The summed E-state index contributed by atoms with van der Waals surface area (Å²) < 4.78 is 48.6. The van der Waals surface area contributed by atoms with Crippen LogP contribution < -0.4 is 0 Å². The zero-order chi connectivity index (χ0) is 54.2. The van der Waals surface area contributed by atoms with Gasteiger partial charge in [0.1, 0.15) is 85.6 Å². The first-order valence-corrected chi connectivity index (χ1v) is 26.8. The minimum Gasteiger partial charge on any atom is -0.394 e. The molecule has 0 radical (unpaired) electrons. The van der Waals surface area contributed by atoms with E-state index in [0.717, 1.165) is 19.1 Å². The molecule has 0 aromatic carbocycles. The summed E-state index contributed by atoms with van der Waals surface area (Å²) in [5.74, 6) is -0.680. The summed E-state index contributed by atoms with van der Waals surface area (Å²) in [5.41, 5.74) is -3.30. The van der Waals surface area contributed by atoms with E-state index in [-0.39, 0.29) is 60.6 Å². The fourth-order valence-electron chi connectivity index (χ4n) is 15.5. The van der Waals surface area contributed by atoms with Gasteiger partial charge in [0.25, 0.3) is 0 Å². The Morgan fingerprint density at radius 1 is 0.689 bits per heavy atom. The van der Waals surface area contributed by atoms with Gasteiger partial charge in [-0.2, -0.15) is 0 Å². The van der Waals surface area contributed by atoms with Crippen LogP contribution in [0.2, 0.25) is 0 Å². The van der Waals surface area contributed by atoms with Gasteiger partial charge >= 0.3 is 0 Å². The Morgan fingerprint density at radius 3 is 1.99 bits per heavy atom. The van der Waals surface area contributed by atoms with Crippen molar-refractivity contribution in [2.45, 2.75) is 234 Å². The fraction of sp³-hybridized carbons (Fsp3) is 0.942. The summed E-state index contributed by atoms with van der Waals surface area (Å²) in [7, 11) is 0. The molecule has 0 aromatic heterocycles. The van der Waals surface area contributed by atoms with Crippen molar-refractivity contribution in [1.82, 2.24) is 0 Å². The molecule has 4 saturated carbocycles. The van der Waals surface area contributed by atoms with Crippen LogP contribution in [0.15, 0.2) is 12.2 Å². The lowest BCUT2D eigenvalue weighted by Crippen LogP contribution is -2.67. The van der Waals surface area contributed by atoms with Gasteiger partial charge in [-0.1, -0.05) is 39.8 Å². The van der Waals surface area contributed by atoms with Crippen LogP contribution in [0, 0.1) is 45.3 Å². The van der Waals surface area contributed by atoms with Crippen molar-refractivity contribution in [3.05, 3.63) is 12.2 Å². The Bertz CT molecular complexity index is 1930. The molecule has 74 heavy (non-hydrogen) atoms. The van der Waals surface area contributed by atoms with Crippen molar-refractivity contribution in [2.24, 2.45) is 45.3 Å². The molecule has 28 atom stereocenters. The van der Waals surface area contributed by atoms with Crippen LogP contribution in [0.3, 0.4) is 0 Å². The molecule has 8 fully saturated rings. The number of hydrogen-bond acceptors (Lipinski definition) is 22. The number of carbonyl (C=O) groups is 1. The van der Waals surface area contributed by atoms with Crippen LogP contribution in [0.25, 0.3) is 0 Å². The van der Waals surface area contributed by atoms with Gasteiger partial charge in [0, 0.05) is 5.41 Å². The molecule has 28 unspecified atom stereocenters. The Morgan fingerprint density at radius 2 is 1.31 bits per heavy atom. The number of aldehydes is 1. The molecule has 0 amide bonds. The van der Waals surface area contributed by atoms with Gasteiger partial charge in [0.05, 0.1) is 50.3 Å². The summed E-state index contributed by atoms with van der Waals surface area (Å²) in [4.78, 5) is 14.2. The quantitative estimate of drug-likeness (QED) is 0.0463. The highest BCUT2D eigenvalue weighted by molar-refractivity contribution is 5.62. The van der Waals surface area contributed by atoms with Gasteiger partial charge in [0.2, 0.25) is 0 Å². The average molecular weight is 1060 g/mol. The van der Waals surface area contributed by atoms with E-state index in [1.54, 1.807) is 6.92 Å². The highest BCUT2D eigenvalue weighted by Gasteiger charge is 2.71. The molecular formula is C52H86O22. The van der Waals surface area contributed by atoms with Crippen molar-refractivity contribution in [2.75, 3.05) is 26.4 Å². The molecule has 0 bridgehead atoms. The summed E-state index contributed by atoms with van der Waals surface area (Å²) >= 11 is 0. The van der Waals surface area contributed by atoms with Crippen molar-refractivity contribution in [1.29, 1.82) is 0 Å². The number of rotatable bonds is 16. The molecule has 13 N–H and O–H groups in total. The molecule has 8 rings (SSSR count). The van der Waals surface area contributed by atoms with Crippen molar-refractivity contribution >= 4 is 6.29 Å². The van der Waals surface area contributed by atoms with Crippen molar-refractivity contribution in [3.8, 4) is 0 Å². The topological polar surface area (TPSA) is 354 Å². The molecule has 0 aromatic rings. The second-order valence-electron chi connectivity index (χ2n) is 24.4. The van der Waals surface area contributed by atoms with Gasteiger partial charge < -0.3 is 109 Å². The van der Waals surface area contributed by atoms with Gasteiger partial charge in [-0.05, 0) is 118 Å². The number of carbonyl (C=O) groups excluding carboxylic acids is 1. The van der Waals surface area contributed by atoms with Crippen LogP contribution >= 0.6 is 0 Å². The molecule has 4 saturated heterocycles. The molecule has 8 aliphatic rings. The highest BCUT2D eigenvalue weighted by Crippen LogP contribution is 2.76. The molecule has 4 aliphatic carbocycles. The predicted octanol–water partition coefficient (Wildman–Crippen LogP) is -1.75. The van der Waals surface area contributed by atoms with E-state index in [9.17, 15) is 71.2 Å². The van der Waals surface area contributed by atoms with Crippen molar-refractivity contribution < 1.29 is 109 Å². The average Bonchev–Trinajstić information content (AvgIpc) is 3.74. The zero-order valence-corrected chi connectivity index (χ0v) is 43.5. The normalized spacial score (nSPS) is 51.7. The van der Waals surface area contributed by atoms with Crippen LogP contribution in [-0.2, 0) is 42.7 Å². The second-order valence-corrected chi connectivity index (χ2v) is 24.4. The van der Waals surface area contributed by atoms with Gasteiger partial charge in [-0.3, -0.25) is 0 Å². The molecule has 22 nitrogen and oxygen atoms in total. The highest BCUT2D eigenvalue weighted by atomic mass is 16.8. The van der Waals surface area contributed by atoms with Crippen LogP contribution in [-0.4, -0.2) is 228 Å². The second kappa shape index (κ2) is 22.2. The summed E-state index contributed by atoms with van der Waals surface area (Å²) in [6.07, 6.45) is -22.4. The van der Waals surface area contributed by atoms with Gasteiger partial charge in [-0.25, -0.2) is 0 Å². The number of ether oxygens (including phenoxy) is 8. The third kappa shape index (κ3) is 10.1. The monoisotopic (exact) mass is 1060 g/mol. The molecule has 4 heterocycles. The maximum Gasteiger partial charge on any atom is 0.187 e. The van der Waals surface area contributed by atoms with E-state index < -0.39 is 152 Å². The van der Waals surface area contributed by atoms with E-state index in [4.69, 9.17) is 37.9 Å². The van der Waals surface area contributed by atoms with Gasteiger partial charge in [-0.15, -0.1) is 0 Å². The Balaban J connectivity index is 1.03. The summed E-state index contributed by atoms with van der Waals surface area (Å²) in [5, 5.41) is 140. The van der Waals surface area contributed by atoms with Gasteiger partial charge in [0.15, 0.2) is 25.2 Å². The molecule has 22 heteroatoms. The minimum absolute atomic E-state index is 0.0552. The third-order valence-electron chi connectivity index (χ3n) is 20.2. The van der Waals surface area contributed by atoms with E-state index >= 15 is 0 Å². The zero-order valence-electron chi connectivity index (χ0n) is 43.5. The predicted molar refractivity (Wildman–Crippen MR) is 255 cm³/mol.